The van der Waals surface area contributed by atoms with Crippen LogP contribution in [0.5, 0.6) is 0 Å². The first-order valence-electron chi connectivity index (χ1n) is 4.87. The minimum atomic E-state index is -3.48. The number of rotatable bonds is 3. The highest BCUT2D eigenvalue weighted by Gasteiger charge is 2.39. The van der Waals surface area contributed by atoms with Gasteiger partial charge in [-0.2, -0.15) is 0 Å². The number of halogens is 1. The van der Waals surface area contributed by atoms with Crippen LogP contribution in [0.3, 0.4) is 0 Å². The molecule has 4 nitrogen and oxygen atoms in total. The van der Waals surface area contributed by atoms with E-state index in [1.54, 1.807) is 12.1 Å². The summed E-state index contributed by atoms with van der Waals surface area (Å²) >= 11 is 3.21. The summed E-state index contributed by atoms with van der Waals surface area (Å²) in [6.07, 6.45) is 1.05. The smallest absolute Gasteiger partial charge is 0.184 e. The second-order valence-corrected chi connectivity index (χ2v) is 7.77. The summed E-state index contributed by atoms with van der Waals surface area (Å²) < 4.78 is 22.2. The fourth-order valence-electron chi connectivity index (χ4n) is 1.21. The van der Waals surface area contributed by atoms with Crippen LogP contribution in [-0.2, 0) is 9.84 Å². The molecule has 94 valence electrons. The SMILES string of the molecule is CC(C)(C(=O)c1ccc(N)cc1Br)S(C)(=O)=O. The van der Waals surface area contributed by atoms with Gasteiger partial charge in [0.15, 0.2) is 15.6 Å². The van der Waals surface area contributed by atoms with E-state index in [0.717, 1.165) is 6.26 Å². The van der Waals surface area contributed by atoms with Crippen molar-refractivity contribution >= 4 is 37.2 Å². The molecule has 2 N–H and O–H groups in total. The Morgan fingerprint density at radius 1 is 1.35 bits per heavy atom. The topological polar surface area (TPSA) is 77.2 Å². The highest BCUT2D eigenvalue weighted by molar-refractivity contribution is 9.10. The standard InChI is InChI=1S/C11H14BrNO3S/c1-11(2,17(3,15)16)10(14)8-5-4-7(13)6-9(8)12/h4-6H,13H2,1-3H3. The Balaban J connectivity index is 3.32. The van der Waals surface area contributed by atoms with Gasteiger partial charge in [-0.3, -0.25) is 4.79 Å². The molecule has 0 aliphatic carbocycles. The lowest BCUT2D eigenvalue weighted by Gasteiger charge is -2.21. The molecule has 1 aromatic rings. The zero-order valence-electron chi connectivity index (χ0n) is 9.82. The summed E-state index contributed by atoms with van der Waals surface area (Å²) in [6.45, 7) is 2.79. The number of Topliss-reactive ketones (excluding diaryl/α,β-unsaturated/α-hetero) is 1. The third kappa shape index (κ3) is 2.69. The number of benzene rings is 1. The lowest BCUT2D eigenvalue weighted by atomic mass is 10.00. The molecular formula is C11H14BrNO3S. The van der Waals surface area contributed by atoms with E-state index in [1.807, 2.05) is 0 Å². The number of ketones is 1. The number of hydrogen-bond donors (Lipinski definition) is 1. The van der Waals surface area contributed by atoms with Crippen LogP contribution in [0.2, 0.25) is 0 Å². The zero-order valence-corrected chi connectivity index (χ0v) is 12.2. The molecular weight excluding hydrogens is 306 g/mol. The predicted molar refractivity (Wildman–Crippen MR) is 71.8 cm³/mol. The lowest BCUT2D eigenvalue weighted by Crippen LogP contribution is -2.40. The van der Waals surface area contributed by atoms with Gasteiger partial charge in [0.1, 0.15) is 4.75 Å². The molecule has 0 heterocycles. The Morgan fingerprint density at radius 2 is 1.88 bits per heavy atom. The van der Waals surface area contributed by atoms with Crippen molar-refractivity contribution < 1.29 is 13.2 Å². The monoisotopic (exact) mass is 319 g/mol. The van der Waals surface area contributed by atoms with Crippen LogP contribution >= 0.6 is 15.9 Å². The van der Waals surface area contributed by atoms with Gasteiger partial charge < -0.3 is 5.73 Å². The van der Waals surface area contributed by atoms with Crippen LogP contribution in [0, 0.1) is 0 Å². The number of nitrogens with two attached hydrogens (primary N) is 1. The van der Waals surface area contributed by atoms with E-state index in [1.165, 1.54) is 19.9 Å². The van der Waals surface area contributed by atoms with E-state index in [4.69, 9.17) is 5.73 Å². The molecule has 0 atom stereocenters. The van der Waals surface area contributed by atoms with Crippen LogP contribution in [0.4, 0.5) is 5.69 Å². The first-order valence-corrected chi connectivity index (χ1v) is 7.55. The maximum absolute atomic E-state index is 12.2. The van der Waals surface area contributed by atoms with Gasteiger partial charge in [0, 0.05) is 22.0 Å². The molecule has 0 aliphatic rings. The van der Waals surface area contributed by atoms with Crippen molar-refractivity contribution in [2.45, 2.75) is 18.6 Å². The Bertz CT molecular complexity index is 564. The van der Waals surface area contributed by atoms with E-state index in [9.17, 15) is 13.2 Å². The second kappa shape index (κ2) is 4.42. The summed E-state index contributed by atoms with van der Waals surface area (Å²) in [5, 5.41) is 0. The Kier molecular flexibility index (Phi) is 3.69. The average Bonchev–Trinajstić information content (AvgIpc) is 2.14. The molecule has 0 aliphatic heterocycles. The van der Waals surface area contributed by atoms with Crippen molar-refractivity contribution in [3.63, 3.8) is 0 Å². The first kappa shape index (κ1) is 14.2. The fraction of sp³-hybridized carbons (Fsp3) is 0.364. The van der Waals surface area contributed by atoms with Gasteiger partial charge in [0.05, 0.1) is 0 Å². The van der Waals surface area contributed by atoms with Crippen LogP contribution < -0.4 is 5.73 Å². The summed E-state index contributed by atoms with van der Waals surface area (Å²) in [5.74, 6) is -0.452. The number of nitrogen functional groups attached to an aromatic ring is 1. The van der Waals surface area contributed by atoms with Crippen molar-refractivity contribution in [2.75, 3.05) is 12.0 Å². The molecule has 0 unspecified atom stereocenters. The molecule has 0 spiro atoms. The van der Waals surface area contributed by atoms with Crippen LogP contribution in [0.1, 0.15) is 24.2 Å². The van der Waals surface area contributed by atoms with Crippen molar-refractivity contribution in [3.05, 3.63) is 28.2 Å². The summed E-state index contributed by atoms with van der Waals surface area (Å²) in [4.78, 5) is 12.2. The van der Waals surface area contributed by atoms with Gasteiger partial charge in [-0.15, -0.1) is 0 Å². The lowest BCUT2D eigenvalue weighted by molar-refractivity contribution is 0.0953. The predicted octanol–water partition coefficient (Wildman–Crippen LogP) is 2.04. The Hall–Kier alpha value is -0.880. The molecule has 1 aromatic carbocycles. The van der Waals surface area contributed by atoms with E-state index < -0.39 is 20.4 Å². The van der Waals surface area contributed by atoms with E-state index in [-0.39, 0.29) is 0 Å². The van der Waals surface area contributed by atoms with Crippen molar-refractivity contribution in [1.29, 1.82) is 0 Å². The van der Waals surface area contributed by atoms with Crippen LogP contribution in [-0.4, -0.2) is 25.2 Å². The minimum absolute atomic E-state index is 0.314. The Labute approximate surface area is 109 Å². The second-order valence-electron chi connectivity index (χ2n) is 4.35. The zero-order chi connectivity index (χ0) is 13.4. The van der Waals surface area contributed by atoms with Gasteiger partial charge in [0.25, 0.3) is 0 Å². The van der Waals surface area contributed by atoms with Crippen LogP contribution in [0.25, 0.3) is 0 Å². The van der Waals surface area contributed by atoms with Gasteiger partial charge >= 0.3 is 0 Å². The summed E-state index contributed by atoms with van der Waals surface area (Å²) in [7, 11) is -3.48. The molecule has 0 radical (unpaired) electrons. The van der Waals surface area contributed by atoms with E-state index in [2.05, 4.69) is 15.9 Å². The molecule has 0 fully saturated rings. The maximum atomic E-state index is 12.2. The minimum Gasteiger partial charge on any atom is -0.399 e. The number of sulfone groups is 1. The first-order chi connectivity index (χ1) is 7.57. The molecule has 6 heteroatoms. The normalized spacial score (nSPS) is 12.5. The largest absolute Gasteiger partial charge is 0.399 e. The molecule has 0 aromatic heterocycles. The van der Waals surface area contributed by atoms with E-state index in [0.29, 0.717) is 15.7 Å². The molecule has 0 amide bonds. The third-order valence-corrected chi connectivity index (χ3v) is 5.41. The molecule has 0 bridgehead atoms. The number of carbonyl (C=O) groups excluding carboxylic acids is 1. The van der Waals surface area contributed by atoms with Gasteiger partial charge in [-0.05, 0) is 48.0 Å². The van der Waals surface area contributed by atoms with Gasteiger partial charge in [0.2, 0.25) is 0 Å². The average molecular weight is 320 g/mol. The van der Waals surface area contributed by atoms with Gasteiger partial charge in [-0.1, -0.05) is 0 Å². The summed E-state index contributed by atoms with van der Waals surface area (Å²) in [5.41, 5.74) is 6.38. The molecule has 17 heavy (non-hydrogen) atoms. The number of anilines is 1. The van der Waals surface area contributed by atoms with Crippen LogP contribution in [0.15, 0.2) is 22.7 Å². The molecule has 0 saturated carbocycles. The van der Waals surface area contributed by atoms with Crippen molar-refractivity contribution in [1.82, 2.24) is 0 Å². The molecule has 0 saturated heterocycles. The fourth-order valence-corrected chi connectivity index (χ4v) is 2.23. The van der Waals surface area contributed by atoms with E-state index >= 15 is 0 Å². The highest BCUT2D eigenvalue weighted by atomic mass is 79.9. The third-order valence-electron chi connectivity index (χ3n) is 2.71. The van der Waals surface area contributed by atoms with Crippen molar-refractivity contribution in [2.24, 2.45) is 0 Å². The number of carbonyl (C=O) groups is 1. The van der Waals surface area contributed by atoms with Gasteiger partial charge in [-0.25, -0.2) is 8.42 Å². The maximum Gasteiger partial charge on any atom is 0.184 e. The number of hydrogen-bond acceptors (Lipinski definition) is 4. The summed E-state index contributed by atoms with van der Waals surface area (Å²) in [6, 6.07) is 4.66. The Morgan fingerprint density at radius 3 is 2.29 bits per heavy atom. The van der Waals surface area contributed by atoms with Crippen molar-refractivity contribution in [3.8, 4) is 0 Å². The molecule has 1 rings (SSSR count). The highest BCUT2D eigenvalue weighted by Crippen LogP contribution is 2.27. The quantitative estimate of drug-likeness (QED) is 0.683.